The van der Waals surface area contributed by atoms with E-state index in [1.807, 2.05) is 13.8 Å². The quantitative estimate of drug-likeness (QED) is 0.308. The van der Waals surface area contributed by atoms with E-state index in [1.54, 1.807) is 24.3 Å². The zero-order valence-corrected chi connectivity index (χ0v) is 20.8. The van der Waals surface area contributed by atoms with Crippen molar-refractivity contribution >= 4 is 20.2 Å². The molecule has 0 saturated carbocycles. The largest absolute Gasteiger partial charge is 0.312 e. The summed E-state index contributed by atoms with van der Waals surface area (Å²) in [5.41, 5.74) is 2.77. The van der Waals surface area contributed by atoms with Gasteiger partial charge in [0.25, 0.3) is 0 Å². The Morgan fingerprint density at radius 3 is 1.45 bits per heavy atom. The lowest BCUT2D eigenvalue weighted by Crippen LogP contribution is -2.17. The van der Waals surface area contributed by atoms with Crippen LogP contribution in [0.2, 0.25) is 0 Å². The van der Waals surface area contributed by atoms with Crippen molar-refractivity contribution in [3.8, 4) is 24.7 Å². The lowest BCUT2D eigenvalue weighted by atomic mass is 10.0. The Morgan fingerprint density at radius 1 is 0.697 bits per heavy atom. The first-order valence-corrected chi connectivity index (χ1v) is 13.7. The van der Waals surface area contributed by atoms with Crippen LogP contribution in [-0.4, -0.2) is 16.8 Å². The van der Waals surface area contributed by atoms with Crippen molar-refractivity contribution in [2.75, 3.05) is 0 Å². The maximum absolute atomic E-state index is 13.1. The topological polar surface area (TPSA) is 77.5 Å². The van der Waals surface area contributed by atoms with Gasteiger partial charge in [0.1, 0.15) is 0 Å². The third kappa shape index (κ3) is 7.75. The fourth-order valence-electron chi connectivity index (χ4n) is 3.57. The highest BCUT2D eigenvalue weighted by Crippen LogP contribution is 2.28. The molecule has 0 amide bonds. The summed E-state index contributed by atoms with van der Waals surface area (Å²) in [5, 5.41) is 0. The van der Waals surface area contributed by atoms with Gasteiger partial charge in [-0.2, -0.15) is 16.8 Å². The Balaban J connectivity index is 2.35. The average molecular weight is 487 g/mol. The normalized spacial score (nSPS) is 11.6. The third-order valence-electron chi connectivity index (χ3n) is 5.18. The van der Waals surface area contributed by atoms with Crippen molar-refractivity contribution in [1.82, 2.24) is 0 Å². The van der Waals surface area contributed by atoms with Crippen LogP contribution >= 0.6 is 0 Å². The third-order valence-corrected chi connectivity index (χ3v) is 8.49. The molecule has 0 radical (unpaired) electrons. The van der Waals surface area contributed by atoms with Crippen LogP contribution in [0.5, 0.6) is 0 Å². The molecule has 0 heterocycles. The highest BCUT2D eigenvalue weighted by Gasteiger charge is 2.30. The van der Waals surface area contributed by atoms with Gasteiger partial charge in [-0.15, -0.1) is 28.3 Å². The molecule has 0 fully saturated rings. The van der Waals surface area contributed by atoms with Crippen molar-refractivity contribution < 1.29 is 20.5 Å². The van der Waals surface area contributed by atoms with E-state index in [-0.39, 0.29) is 9.79 Å². The number of unbranched alkanes of at least 4 members (excludes halogenated alkanes) is 4. The van der Waals surface area contributed by atoms with Crippen molar-refractivity contribution in [3.05, 3.63) is 58.7 Å². The molecular weight excluding hydrogens is 456 g/mol. The minimum Gasteiger partial charge on any atom is -0.193 e. The average Bonchev–Trinajstić information content (AvgIpc) is 2.73. The summed E-state index contributed by atoms with van der Waals surface area (Å²) in [7, 11) is -9.13. The van der Waals surface area contributed by atoms with Gasteiger partial charge in [-0.1, -0.05) is 35.4 Å². The van der Waals surface area contributed by atoms with Gasteiger partial charge in [-0.25, -0.2) is 0 Å². The van der Waals surface area contributed by atoms with Gasteiger partial charge < -0.3 is 0 Å². The van der Waals surface area contributed by atoms with Crippen LogP contribution in [-0.2, 0) is 36.7 Å². The first-order chi connectivity index (χ1) is 15.6. The smallest absolute Gasteiger partial charge is 0.193 e. The number of rotatable bonds is 12. The van der Waals surface area contributed by atoms with E-state index < -0.39 is 20.2 Å². The molecule has 0 aliphatic rings. The van der Waals surface area contributed by atoms with Gasteiger partial charge in [0.15, 0.2) is 0 Å². The van der Waals surface area contributed by atoms with E-state index in [4.69, 9.17) is 16.5 Å². The van der Waals surface area contributed by atoms with Gasteiger partial charge in [-0.3, -0.25) is 0 Å². The van der Waals surface area contributed by atoms with Gasteiger partial charge in [0.2, 0.25) is 0 Å². The minimum absolute atomic E-state index is 0.139. The van der Waals surface area contributed by atoms with Crippen LogP contribution in [0.25, 0.3) is 0 Å². The highest BCUT2D eigenvalue weighted by molar-refractivity contribution is 8.00. The Hall–Kier alpha value is -2.58. The van der Waals surface area contributed by atoms with Crippen molar-refractivity contribution in [2.45, 2.75) is 75.0 Å². The molecular formula is C26H30O5S2. The molecule has 2 aromatic rings. The standard InChI is InChI=1S/C26H30O5S2/c1-5-7-9-11-13-23-19-21(3)15-17-25(23)32(27,28)31-33(29,30)26-18-16-22(4)20-24(26)14-12-10-8-6-2/h1-2,15-20H,7-14H2,3-4H3. The molecule has 0 aliphatic heterocycles. The maximum Gasteiger partial charge on any atom is 0.312 e. The van der Waals surface area contributed by atoms with E-state index in [0.717, 1.165) is 24.0 Å². The van der Waals surface area contributed by atoms with Crippen LogP contribution in [0.15, 0.2) is 46.2 Å². The van der Waals surface area contributed by atoms with E-state index in [0.29, 0.717) is 49.7 Å². The Labute approximate surface area is 198 Å². The second-order valence-corrected chi connectivity index (χ2v) is 11.3. The second kappa shape index (κ2) is 12.0. The van der Waals surface area contributed by atoms with Gasteiger partial charge >= 0.3 is 20.2 Å². The molecule has 0 N–H and O–H groups in total. The van der Waals surface area contributed by atoms with E-state index >= 15 is 0 Å². The van der Waals surface area contributed by atoms with Crippen molar-refractivity contribution in [2.24, 2.45) is 0 Å². The fourth-order valence-corrected chi connectivity index (χ4v) is 6.53. The van der Waals surface area contributed by atoms with Gasteiger partial charge in [0.05, 0.1) is 9.79 Å². The molecule has 33 heavy (non-hydrogen) atoms. The monoisotopic (exact) mass is 486 g/mol. The van der Waals surface area contributed by atoms with Crippen LogP contribution < -0.4 is 0 Å². The molecule has 7 heteroatoms. The zero-order valence-electron chi connectivity index (χ0n) is 19.1. The fraction of sp³-hybridized carbons (Fsp3) is 0.385. The predicted octanol–water partition coefficient (Wildman–Crippen LogP) is 5.09. The lowest BCUT2D eigenvalue weighted by molar-refractivity contribution is 0.460. The molecule has 176 valence electrons. The summed E-state index contributed by atoms with van der Waals surface area (Å²) >= 11 is 0. The minimum atomic E-state index is -4.57. The summed E-state index contributed by atoms with van der Waals surface area (Å²) < 4.78 is 57.1. The van der Waals surface area contributed by atoms with E-state index in [2.05, 4.69) is 11.8 Å². The Bertz CT molecular complexity index is 1160. The first-order valence-electron chi connectivity index (χ1n) is 10.9. The summed E-state index contributed by atoms with van der Waals surface area (Å²) in [5.74, 6) is 5.12. The van der Waals surface area contributed by atoms with E-state index in [1.165, 1.54) is 12.1 Å². The molecule has 2 aromatic carbocycles. The number of benzene rings is 2. The van der Waals surface area contributed by atoms with Crippen LogP contribution in [0.4, 0.5) is 0 Å². The molecule has 2 rings (SSSR count). The highest BCUT2D eigenvalue weighted by atomic mass is 32.3. The van der Waals surface area contributed by atoms with E-state index in [9.17, 15) is 16.8 Å². The molecule has 0 unspecified atom stereocenters. The van der Waals surface area contributed by atoms with Crippen molar-refractivity contribution in [3.63, 3.8) is 0 Å². The first kappa shape index (κ1) is 26.7. The molecule has 0 aliphatic carbocycles. The maximum atomic E-state index is 13.1. The summed E-state index contributed by atoms with van der Waals surface area (Å²) in [4.78, 5) is -0.278. The van der Waals surface area contributed by atoms with Crippen molar-refractivity contribution in [1.29, 1.82) is 0 Å². The zero-order chi connectivity index (χ0) is 24.5. The number of terminal acetylenes is 2. The Morgan fingerprint density at radius 2 is 1.09 bits per heavy atom. The molecule has 5 nitrogen and oxygen atoms in total. The summed E-state index contributed by atoms with van der Waals surface area (Å²) in [6, 6.07) is 9.51. The molecule has 0 saturated heterocycles. The van der Waals surface area contributed by atoms with Crippen LogP contribution in [0, 0.1) is 38.5 Å². The van der Waals surface area contributed by atoms with Crippen LogP contribution in [0.1, 0.15) is 60.8 Å². The summed E-state index contributed by atoms with van der Waals surface area (Å²) in [6.45, 7) is 3.69. The van der Waals surface area contributed by atoms with Gasteiger partial charge in [-0.05, 0) is 75.6 Å². The summed E-state index contributed by atoms with van der Waals surface area (Å²) in [6.07, 6.45) is 15.5. The van der Waals surface area contributed by atoms with Gasteiger partial charge in [0, 0.05) is 12.8 Å². The molecule has 0 bridgehead atoms. The second-order valence-electron chi connectivity index (χ2n) is 8.02. The number of hydrogen-bond acceptors (Lipinski definition) is 5. The lowest BCUT2D eigenvalue weighted by Gasteiger charge is -2.14. The predicted molar refractivity (Wildman–Crippen MR) is 131 cm³/mol. The molecule has 0 spiro atoms. The van der Waals surface area contributed by atoms with Crippen LogP contribution in [0.3, 0.4) is 0 Å². The Kier molecular flexibility index (Phi) is 9.73. The number of hydrogen-bond donors (Lipinski definition) is 0. The molecule has 0 atom stereocenters. The number of aryl methyl sites for hydroxylation is 4. The SMILES string of the molecule is C#CCCCCc1cc(C)ccc1S(=O)(=O)OS(=O)(=O)c1ccc(C)cc1CCCCC#C. The molecule has 0 aromatic heterocycles.